The van der Waals surface area contributed by atoms with Crippen molar-refractivity contribution in [2.75, 3.05) is 11.9 Å². The first-order valence-corrected chi connectivity index (χ1v) is 9.89. The van der Waals surface area contributed by atoms with Crippen molar-refractivity contribution in [3.8, 4) is 0 Å². The van der Waals surface area contributed by atoms with Crippen molar-refractivity contribution in [2.24, 2.45) is 0 Å². The third kappa shape index (κ3) is 4.03. The van der Waals surface area contributed by atoms with Gasteiger partial charge >= 0.3 is 6.03 Å². The molecule has 2 heterocycles. The second-order valence-corrected chi connectivity index (χ2v) is 7.72. The first-order valence-electron chi connectivity index (χ1n) is 9.01. The van der Waals surface area contributed by atoms with E-state index >= 15 is 0 Å². The smallest absolute Gasteiger partial charge is 0.325 e. The molecule has 7 heteroatoms. The van der Waals surface area contributed by atoms with Gasteiger partial charge in [0.25, 0.3) is 5.91 Å². The molecule has 1 saturated heterocycles. The average Bonchev–Trinajstić information content (AvgIpc) is 3.26. The number of nitrogens with one attached hydrogen (secondary N) is 2. The van der Waals surface area contributed by atoms with Crippen LogP contribution in [0, 0.1) is 0 Å². The summed E-state index contributed by atoms with van der Waals surface area (Å²) in [4.78, 5) is 39.0. The quantitative estimate of drug-likeness (QED) is 0.716. The fourth-order valence-corrected chi connectivity index (χ4v) is 3.89. The van der Waals surface area contributed by atoms with Crippen LogP contribution in [0.1, 0.15) is 37.1 Å². The number of anilines is 1. The van der Waals surface area contributed by atoms with Gasteiger partial charge < -0.3 is 10.6 Å². The van der Waals surface area contributed by atoms with Crippen LogP contribution in [-0.4, -0.2) is 29.3 Å². The van der Waals surface area contributed by atoms with Gasteiger partial charge in [0, 0.05) is 10.6 Å². The van der Waals surface area contributed by atoms with Crippen LogP contribution in [0.3, 0.4) is 0 Å². The number of unbranched alkanes of at least 4 members (excludes halogenated alkanes) is 1. The number of hydrogen-bond donors (Lipinski definition) is 2. The Bertz CT molecular complexity index is 833. The lowest BCUT2D eigenvalue weighted by molar-refractivity contribution is -0.133. The molecule has 0 saturated carbocycles. The minimum Gasteiger partial charge on any atom is -0.325 e. The van der Waals surface area contributed by atoms with Crippen LogP contribution < -0.4 is 10.6 Å². The van der Waals surface area contributed by atoms with E-state index in [1.165, 1.54) is 16.9 Å². The molecule has 0 spiro atoms. The summed E-state index contributed by atoms with van der Waals surface area (Å²) in [6, 6.07) is 10.7. The zero-order valence-electron chi connectivity index (χ0n) is 15.5. The summed E-state index contributed by atoms with van der Waals surface area (Å²) in [6.07, 6.45) is 3.27. The fourth-order valence-electron chi connectivity index (χ4n) is 3.05. The molecule has 142 valence electrons. The molecule has 0 aliphatic carbocycles. The van der Waals surface area contributed by atoms with Crippen molar-refractivity contribution < 1.29 is 14.4 Å². The predicted octanol–water partition coefficient (Wildman–Crippen LogP) is 3.50. The SMILES string of the molecule is CCCCc1ccc(NC(=O)CN2C(=O)NC(C)(c3cccs3)C2=O)cc1. The first kappa shape index (κ1) is 19.1. The maximum atomic E-state index is 12.7. The van der Waals surface area contributed by atoms with Crippen LogP contribution in [-0.2, 0) is 21.5 Å². The number of carbonyl (C=O) groups excluding carboxylic acids is 3. The summed E-state index contributed by atoms with van der Waals surface area (Å²) < 4.78 is 0. The number of carbonyl (C=O) groups is 3. The van der Waals surface area contributed by atoms with Crippen LogP contribution in [0.5, 0.6) is 0 Å². The van der Waals surface area contributed by atoms with Crippen LogP contribution in [0.15, 0.2) is 41.8 Å². The van der Waals surface area contributed by atoms with E-state index < -0.39 is 23.4 Å². The summed E-state index contributed by atoms with van der Waals surface area (Å²) >= 11 is 1.39. The molecule has 1 atom stereocenters. The minimum atomic E-state index is -1.12. The maximum absolute atomic E-state index is 12.7. The fraction of sp³-hybridized carbons (Fsp3) is 0.350. The normalized spacial score (nSPS) is 19.3. The Labute approximate surface area is 162 Å². The van der Waals surface area contributed by atoms with Crippen LogP contribution in [0.2, 0.25) is 0 Å². The molecule has 1 aromatic carbocycles. The topological polar surface area (TPSA) is 78.5 Å². The average molecular weight is 385 g/mol. The molecule has 1 aliphatic rings. The number of aryl methyl sites for hydroxylation is 1. The molecule has 1 fully saturated rings. The van der Waals surface area contributed by atoms with Crippen molar-refractivity contribution in [3.63, 3.8) is 0 Å². The standard InChI is InChI=1S/C20H23N3O3S/c1-3-4-6-14-8-10-15(11-9-14)21-17(24)13-23-18(25)20(2,22-19(23)26)16-7-5-12-27-16/h5,7-12H,3-4,6,13H2,1-2H3,(H,21,24)(H,22,26). The number of hydrogen-bond acceptors (Lipinski definition) is 4. The Morgan fingerprint density at radius 2 is 1.96 bits per heavy atom. The Morgan fingerprint density at radius 3 is 2.59 bits per heavy atom. The summed E-state index contributed by atoms with van der Waals surface area (Å²) in [7, 11) is 0. The molecule has 3 rings (SSSR count). The molecule has 2 aromatic rings. The molecule has 1 aromatic heterocycles. The number of nitrogens with zero attached hydrogens (tertiary/aromatic N) is 1. The molecular formula is C20H23N3O3S. The van der Waals surface area contributed by atoms with Gasteiger partial charge in [-0.05, 0) is 48.9 Å². The third-order valence-corrected chi connectivity index (χ3v) is 5.74. The number of urea groups is 1. The summed E-state index contributed by atoms with van der Waals surface area (Å²) in [5.74, 6) is -0.824. The lowest BCUT2D eigenvalue weighted by Gasteiger charge is -2.20. The van der Waals surface area contributed by atoms with Gasteiger partial charge in [0.1, 0.15) is 6.54 Å². The molecule has 4 amide bonds. The summed E-state index contributed by atoms with van der Waals surface area (Å²) in [5.41, 5.74) is 0.746. The number of benzene rings is 1. The van der Waals surface area contributed by atoms with Gasteiger partial charge in [0.2, 0.25) is 5.91 Å². The molecule has 2 N–H and O–H groups in total. The highest BCUT2D eigenvalue weighted by molar-refractivity contribution is 7.10. The Hall–Kier alpha value is -2.67. The highest BCUT2D eigenvalue weighted by atomic mass is 32.1. The van der Waals surface area contributed by atoms with Crippen molar-refractivity contribution in [1.29, 1.82) is 0 Å². The van der Waals surface area contributed by atoms with Gasteiger partial charge in [-0.3, -0.25) is 14.5 Å². The van der Waals surface area contributed by atoms with Crippen molar-refractivity contribution >= 4 is 34.9 Å². The summed E-state index contributed by atoms with van der Waals surface area (Å²) in [5, 5.41) is 7.29. The molecule has 27 heavy (non-hydrogen) atoms. The Balaban J connectivity index is 1.62. The lowest BCUT2D eigenvalue weighted by Crippen LogP contribution is -2.41. The van der Waals surface area contributed by atoms with E-state index in [0.717, 1.165) is 29.0 Å². The zero-order valence-corrected chi connectivity index (χ0v) is 16.3. The van der Waals surface area contributed by atoms with E-state index in [1.807, 2.05) is 35.7 Å². The van der Waals surface area contributed by atoms with Crippen molar-refractivity contribution in [2.45, 2.75) is 38.6 Å². The van der Waals surface area contributed by atoms with Gasteiger partial charge in [-0.1, -0.05) is 31.5 Å². The third-order valence-electron chi connectivity index (χ3n) is 4.65. The van der Waals surface area contributed by atoms with Gasteiger partial charge in [0.05, 0.1) is 0 Å². The predicted molar refractivity (Wildman–Crippen MR) is 106 cm³/mol. The maximum Gasteiger partial charge on any atom is 0.325 e. The molecule has 0 bridgehead atoms. The lowest BCUT2D eigenvalue weighted by atomic mass is 10.0. The number of amides is 4. The van der Waals surface area contributed by atoms with Gasteiger partial charge in [-0.25, -0.2) is 4.79 Å². The Kier molecular flexibility index (Phi) is 5.60. The van der Waals surface area contributed by atoms with Crippen LogP contribution in [0.25, 0.3) is 0 Å². The van der Waals surface area contributed by atoms with E-state index in [-0.39, 0.29) is 6.54 Å². The highest BCUT2D eigenvalue weighted by Gasteiger charge is 2.50. The molecular weight excluding hydrogens is 362 g/mol. The van der Waals surface area contributed by atoms with E-state index in [9.17, 15) is 14.4 Å². The van der Waals surface area contributed by atoms with Gasteiger partial charge in [-0.2, -0.15) is 0 Å². The largest absolute Gasteiger partial charge is 0.325 e. The second kappa shape index (κ2) is 7.92. The summed E-state index contributed by atoms with van der Waals surface area (Å²) in [6.45, 7) is 3.49. The number of imide groups is 1. The number of thiophene rings is 1. The van der Waals surface area contributed by atoms with Crippen molar-refractivity contribution in [1.82, 2.24) is 10.2 Å². The second-order valence-electron chi connectivity index (χ2n) is 6.77. The van der Waals surface area contributed by atoms with Crippen LogP contribution >= 0.6 is 11.3 Å². The van der Waals surface area contributed by atoms with E-state index in [4.69, 9.17) is 0 Å². The monoisotopic (exact) mass is 385 g/mol. The van der Waals surface area contributed by atoms with Crippen LogP contribution in [0.4, 0.5) is 10.5 Å². The zero-order chi connectivity index (χ0) is 19.4. The molecule has 1 unspecified atom stereocenters. The highest BCUT2D eigenvalue weighted by Crippen LogP contribution is 2.31. The number of rotatable bonds is 7. The Morgan fingerprint density at radius 1 is 1.22 bits per heavy atom. The minimum absolute atomic E-state index is 0.316. The molecule has 6 nitrogen and oxygen atoms in total. The molecule has 0 radical (unpaired) electrons. The molecule has 1 aliphatic heterocycles. The van der Waals surface area contributed by atoms with Crippen molar-refractivity contribution in [3.05, 3.63) is 52.2 Å². The van der Waals surface area contributed by atoms with Gasteiger partial charge in [0.15, 0.2) is 5.54 Å². The van der Waals surface area contributed by atoms with Gasteiger partial charge in [-0.15, -0.1) is 11.3 Å². The van der Waals surface area contributed by atoms with E-state index in [2.05, 4.69) is 17.6 Å². The van der Waals surface area contributed by atoms with E-state index in [0.29, 0.717) is 5.69 Å². The van der Waals surface area contributed by atoms with E-state index in [1.54, 1.807) is 13.0 Å². The first-order chi connectivity index (χ1) is 12.9.